The maximum Gasteiger partial charge on any atom is 0.514 e. The zero-order valence-corrected chi connectivity index (χ0v) is 15.7. The molecule has 0 aliphatic carbocycles. The van der Waals surface area contributed by atoms with Crippen LogP contribution in [0.15, 0.2) is 24.3 Å². The minimum atomic E-state index is -4.28. The average Bonchev–Trinajstić information content (AvgIpc) is 2.54. The molecule has 0 saturated heterocycles. The Balaban J connectivity index is 2.80. The van der Waals surface area contributed by atoms with Gasteiger partial charge in [-0.05, 0) is 58.4 Å². The van der Waals surface area contributed by atoms with E-state index < -0.39 is 35.2 Å². The van der Waals surface area contributed by atoms with Crippen molar-refractivity contribution in [2.75, 3.05) is 0 Å². The molecule has 0 bridgehead atoms. The SMILES string of the molecule is CCC(C)(C)OC(=O)Oc1ccc(C(=O)OC(C)(C)C(F)(F)C(=O)O)cc1. The summed E-state index contributed by atoms with van der Waals surface area (Å²) in [5.74, 6) is -7.76. The fourth-order valence-corrected chi connectivity index (χ4v) is 1.69. The molecular weight excluding hydrogens is 366 g/mol. The van der Waals surface area contributed by atoms with Crippen LogP contribution in [0.4, 0.5) is 13.6 Å². The van der Waals surface area contributed by atoms with Crippen molar-refractivity contribution in [1.82, 2.24) is 0 Å². The summed E-state index contributed by atoms with van der Waals surface area (Å²) in [5, 5.41) is 8.58. The number of benzene rings is 1. The number of alkyl halides is 2. The number of carbonyl (C=O) groups excluding carboxylic acids is 2. The van der Waals surface area contributed by atoms with Crippen LogP contribution in [0, 0.1) is 0 Å². The van der Waals surface area contributed by atoms with Crippen LogP contribution < -0.4 is 4.74 Å². The third kappa shape index (κ3) is 5.63. The zero-order valence-electron chi connectivity index (χ0n) is 15.7. The van der Waals surface area contributed by atoms with Crippen molar-refractivity contribution in [3.63, 3.8) is 0 Å². The predicted molar refractivity (Wildman–Crippen MR) is 90.0 cm³/mol. The highest BCUT2D eigenvalue weighted by Gasteiger charge is 2.56. The van der Waals surface area contributed by atoms with E-state index in [-0.39, 0.29) is 11.3 Å². The summed E-state index contributed by atoms with van der Waals surface area (Å²) >= 11 is 0. The van der Waals surface area contributed by atoms with Crippen LogP contribution >= 0.6 is 0 Å². The predicted octanol–water partition coefficient (Wildman–Crippen LogP) is 4.05. The summed E-state index contributed by atoms with van der Waals surface area (Å²) in [7, 11) is 0. The van der Waals surface area contributed by atoms with E-state index in [0.717, 1.165) is 13.8 Å². The fourth-order valence-electron chi connectivity index (χ4n) is 1.69. The van der Waals surface area contributed by atoms with Crippen molar-refractivity contribution < 1.29 is 42.5 Å². The van der Waals surface area contributed by atoms with Gasteiger partial charge in [0.1, 0.15) is 11.4 Å². The number of ether oxygens (including phenoxy) is 3. The molecule has 0 heterocycles. The van der Waals surface area contributed by atoms with E-state index in [9.17, 15) is 23.2 Å². The molecule has 1 N–H and O–H groups in total. The molecule has 0 radical (unpaired) electrons. The summed E-state index contributed by atoms with van der Waals surface area (Å²) in [6.45, 7) is 6.84. The molecule has 9 heteroatoms. The highest BCUT2D eigenvalue weighted by molar-refractivity contribution is 5.90. The van der Waals surface area contributed by atoms with Crippen molar-refractivity contribution in [1.29, 1.82) is 0 Å². The number of hydrogen-bond acceptors (Lipinski definition) is 6. The van der Waals surface area contributed by atoms with Crippen LogP contribution in [0.2, 0.25) is 0 Å². The van der Waals surface area contributed by atoms with E-state index in [1.165, 1.54) is 24.3 Å². The number of carboxylic acids is 1. The van der Waals surface area contributed by atoms with Gasteiger partial charge in [-0.3, -0.25) is 0 Å². The number of halogens is 2. The van der Waals surface area contributed by atoms with Gasteiger partial charge in [-0.25, -0.2) is 14.4 Å². The maximum atomic E-state index is 13.6. The van der Waals surface area contributed by atoms with Crippen molar-refractivity contribution in [2.45, 2.75) is 58.2 Å². The minimum Gasteiger partial charge on any atom is -0.477 e. The molecule has 0 aliphatic rings. The summed E-state index contributed by atoms with van der Waals surface area (Å²) < 4.78 is 42.0. The van der Waals surface area contributed by atoms with Crippen LogP contribution in [0.3, 0.4) is 0 Å². The van der Waals surface area contributed by atoms with Gasteiger partial charge >= 0.3 is 24.0 Å². The van der Waals surface area contributed by atoms with Gasteiger partial charge < -0.3 is 19.3 Å². The Morgan fingerprint density at radius 3 is 1.96 bits per heavy atom. The van der Waals surface area contributed by atoms with Gasteiger partial charge in [0.05, 0.1) is 5.56 Å². The van der Waals surface area contributed by atoms with Gasteiger partial charge in [-0.15, -0.1) is 0 Å². The summed E-state index contributed by atoms with van der Waals surface area (Å²) in [6.07, 6.45) is -0.358. The molecule has 0 saturated carbocycles. The first-order valence-corrected chi connectivity index (χ1v) is 8.07. The standard InChI is InChI=1S/C18H22F2O7/c1-6-16(2,3)27-15(24)25-12-9-7-11(8-10-12)13(21)26-17(4,5)18(19,20)14(22)23/h7-10H,6H2,1-5H3,(H,22,23). The molecule has 0 fully saturated rings. The zero-order chi connectivity index (χ0) is 21.0. The number of esters is 1. The van der Waals surface area contributed by atoms with Gasteiger partial charge in [0.15, 0.2) is 5.60 Å². The lowest BCUT2D eigenvalue weighted by Crippen LogP contribution is -2.51. The molecule has 1 aromatic carbocycles. The maximum absolute atomic E-state index is 13.6. The number of rotatable bonds is 7. The smallest absolute Gasteiger partial charge is 0.477 e. The Hall–Kier alpha value is -2.71. The Morgan fingerprint density at radius 1 is 1.00 bits per heavy atom. The summed E-state index contributed by atoms with van der Waals surface area (Å²) in [6, 6.07) is 4.87. The second-order valence-electron chi connectivity index (χ2n) is 6.87. The van der Waals surface area contributed by atoms with Crippen LogP contribution in [-0.4, -0.2) is 40.3 Å². The fraction of sp³-hybridized carbons (Fsp3) is 0.500. The van der Waals surface area contributed by atoms with Gasteiger partial charge in [0.2, 0.25) is 0 Å². The topological polar surface area (TPSA) is 99.1 Å². The highest BCUT2D eigenvalue weighted by atomic mass is 19.3. The van der Waals surface area contributed by atoms with E-state index in [1.807, 2.05) is 6.92 Å². The lowest BCUT2D eigenvalue weighted by atomic mass is 10.0. The largest absolute Gasteiger partial charge is 0.514 e. The van der Waals surface area contributed by atoms with E-state index >= 15 is 0 Å². The molecule has 0 spiro atoms. The monoisotopic (exact) mass is 388 g/mol. The Bertz CT molecular complexity index is 709. The normalized spacial score (nSPS) is 12.3. The first-order valence-electron chi connectivity index (χ1n) is 8.07. The highest BCUT2D eigenvalue weighted by Crippen LogP contribution is 2.33. The number of carbonyl (C=O) groups is 3. The third-order valence-electron chi connectivity index (χ3n) is 3.87. The summed E-state index contributed by atoms with van der Waals surface area (Å²) in [5.41, 5.74) is -3.40. The summed E-state index contributed by atoms with van der Waals surface area (Å²) in [4.78, 5) is 34.4. The lowest BCUT2D eigenvalue weighted by molar-refractivity contribution is -0.200. The molecule has 1 aromatic rings. The molecule has 27 heavy (non-hydrogen) atoms. The minimum absolute atomic E-state index is 0.0681. The molecule has 0 unspecified atom stereocenters. The van der Waals surface area contributed by atoms with Crippen molar-refractivity contribution in [3.8, 4) is 5.75 Å². The second kappa shape index (κ2) is 7.89. The van der Waals surface area contributed by atoms with Gasteiger partial charge in [-0.2, -0.15) is 8.78 Å². The van der Waals surface area contributed by atoms with E-state index in [1.54, 1.807) is 13.8 Å². The number of hydrogen-bond donors (Lipinski definition) is 1. The van der Waals surface area contributed by atoms with E-state index in [2.05, 4.69) is 4.74 Å². The van der Waals surface area contributed by atoms with Crippen molar-refractivity contribution in [2.24, 2.45) is 0 Å². The van der Waals surface area contributed by atoms with Crippen LogP contribution in [0.25, 0.3) is 0 Å². The quantitative estimate of drug-likeness (QED) is 0.556. The average molecular weight is 388 g/mol. The Morgan fingerprint density at radius 2 is 1.52 bits per heavy atom. The van der Waals surface area contributed by atoms with Gasteiger partial charge in [-0.1, -0.05) is 6.92 Å². The first kappa shape index (κ1) is 22.3. The van der Waals surface area contributed by atoms with Crippen molar-refractivity contribution >= 4 is 18.1 Å². The van der Waals surface area contributed by atoms with E-state index in [0.29, 0.717) is 6.42 Å². The molecule has 150 valence electrons. The number of carboxylic acid groups (broad SMARTS) is 1. The van der Waals surface area contributed by atoms with E-state index in [4.69, 9.17) is 14.6 Å². The first-order chi connectivity index (χ1) is 12.2. The molecule has 0 amide bonds. The molecular formula is C18H22F2O7. The Kier molecular flexibility index (Phi) is 6.53. The molecule has 1 rings (SSSR count). The second-order valence-corrected chi connectivity index (χ2v) is 6.87. The Labute approximate surface area is 155 Å². The van der Waals surface area contributed by atoms with Crippen LogP contribution in [-0.2, 0) is 14.3 Å². The number of aliphatic carboxylic acids is 1. The van der Waals surface area contributed by atoms with Gasteiger partial charge in [0.25, 0.3) is 0 Å². The van der Waals surface area contributed by atoms with Crippen LogP contribution in [0.1, 0.15) is 51.4 Å². The molecule has 0 aromatic heterocycles. The van der Waals surface area contributed by atoms with Gasteiger partial charge in [0, 0.05) is 0 Å². The molecule has 7 nitrogen and oxygen atoms in total. The third-order valence-corrected chi connectivity index (χ3v) is 3.87. The van der Waals surface area contributed by atoms with Crippen LogP contribution in [0.5, 0.6) is 5.75 Å². The lowest BCUT2D eigenvalue weighted by Gasteiger charge is -2.30. The van der Waals surface area contributed by atoms with Crippen molar-refractivity contribution in [3.05, 3.63) is 29.8 Å². The molecule has 0 atom stereocenters. The molecule has 0 aliphatic heterocycles.